The zero-order valence-electron chi connectivity index (χ0n) is 9.10. The summed E-state index contributed by atoms with van der Waals surface area (Å²) in [4.78, 5) is 0. The summed E-state index contributed by atoms with van der Waals surface area (Å²) in [5.74, 6) is 0.563. The summed E-state index contributed by atoms with van der Waals surface area (Å²) in [6, 6.07) is 9.93. The fraction of sp³-hybridized carbons (Fsp3) is 0.462. The van der Waals surface area contributed by atoms with Crippen LogP contribution in [0.5, 0.6) is 0 Å². The summed E-state index contributed by atoms with van der Waals surface area (Å²) >= 11 is 0. The second kappa shape index (κ2) is 4.04. The molecular weight excluding hydrogens is 186 g/mol. The van der Waals surface area contributed by atoms with E-state index in [0.29, 0.717) is 18.1 Å². The molecule has 0 aromatic heterocycles. The van der Waals surface area contributed by atoms with Crippen molar-refractivity contribution in [2.45, 2.75) is 32.5 Å². The third kappa shape index (κ3) is 2.37. The number of nitriles is 1. The van der Waals surface area contributed by atoms with Gasteiger partial charge in [0.15, 0.2) is 0 Å². The van der Waals surface area contributed by atoms with Gasteiger partial charge in [-0.2, -0.15) is 5.26 Å². The van der Waals surface area contributed by atoms with E-state index in [-0.39, 0.29) is 0 Å². The molecule has 1 saturated heterocycles. The lowest BCUT2D eigenvalue weighted by Gasteiger charge is -2.07. The molecule has 1 aromatic rings. The molecule has 0 N–H and O–H groups in total. The van der Waals surface area contributed by atoms with E-state index >= 15 is 0 Å². The van der Waals surface area contributed by atoms with Gasteiger partial charge in [0.25, 0.3) is 0 Å². The minimum absolute atomic E-state index is 0.429. The van der Waals surface area contributed by atoms with Gasteiger partial charge in [0, 0.05) is 0 Å². The van der Waals surface area contributed by atoms with Crippen molar-refractivity contribution in [1.29, 1.82) is 5.26 Å². The molecule has 2 rings (SSSR count). The van der Waals surface area contributed by atoms with Gasteiger partial charge in [-0.15, -0.1) is 0 Å². The zero-order chi connectivity index (χ0) is 10.8. The van der Waals surface area contributed by atoms with Crippen molar-refractivity contribution in [3.8, 4) is 6.07 Å². The number of ether oxygens (including phenoxy) is 1. The molecule has 0 amide bonds. The SMILES string of the molecule is CC(Cc1ccc(C#N)cc1)C1OC1C. The molecule has 1 aliphatic heterocycles. The van der Waals surface area contributed by atoms with Crippen LogP contribution in [-0.2, 0) is 11.2 Å². The van der Waals surface area contributed by atoms with Gasteiger partial charge in [0.1, 0.15) is 0 Å². The van der Waals surface area contributed by atoms with E-state index in [9.17, 15) is 0 Å². The van der Waals surface area contributed by atoms with Gasteiger partial charge in [0.05, 0.1) is 23.8 Å². The molecule has 0 spiro atoms. The summed E-state index contributed by atoms with van der Waals surface area (Å²) in [6.45, 7) is 4.33. The lowest BCUT2D eigenvalue weighted by atomic mass is 9.96. The Morgan fingerprint density at radius 3 is 2.47 bits per heavy atom. The maximum atomic E-state index is 8.67. The minimum atomic E-state index is 0.429. The first-order valence-corrected chi connectivity index (χ1v) is 5.35. The first-order valence-electron chi connectivity index (χ1n) is 5.35. The molecule has 0 aliphatic carbocycles. The van der Waals surface area contributed by atoms with Crippen LogP contribution in [0.25, 0.3) is 0 Å². The molecule has 3 atom stereocenters. The van der Waals surface area contributed by atoms with Crippen LogP contribution in [0.1, 0.15) is 25.0 Å². The molecule has 3 unspecified atom stereocenters. The molecule has 0 saturated carbocycles. The summed E-state index contributed by atoms with van der Waals surface area (Å²) in [6.07, 6.45) is 1.89. The Balaban J connectivity index is 1.96. The van der Waals surface area contributed by atoms with Gasteiger partial charge >= 0.3 is 0 Å². The molecule has 1 aromatic carbocycles. The van der Waals surface area contributed by atoms with Crippen LogP contribution in [0.3, 0.4) is 0 Å². The van der Waals surface area contributed by atoms with E-state index in [4.69, 9.17) is 10.00 Å². The first kappa shape index (κ1) is 10.2. The number of epoxide rings is 1. The number of rotatable bonds is 3. The van der Waals surface area contributed by atoms with Crippen molar-refractivity contribution in [3.05, 3.63) is 35.4 Å². The van der Waals surface area contributed by atoms with Gasteiger partial charge in [0.2, 0.25) is 0 Å². The van der Waals surface area contributed by atoms with Crippen LogP contribution in [-0.4, -0.2) is 12.2 Å². The minimum Gasteiger partial charge on any atom is -0.370 e. The third-order valence-corrected chi connectivity index (χ3v) is 2.96. The second-order valence-electron chi connectivity index (χ2n) is 4.30. The quantitative estimate of drug-likeness (QED) is 0.704. The predicted molar refractivity (Wildman–Crippen MR) is 58.4 cm³/mol. The molecule has 2 heteroatoms. The molecule has 78 valence electrons. The molecule has 0 bridgehead atoms. The lowest BCUT2D eigenvalue weighted by Crippen LogP contribution is -2.08. The largest absolute Gasteiger partial charge is 0.370 e. The Hall–Kier alpha value is -1.33. The van der Waals surface area contributed by atoms with E-state index in [1.165, 1.54) is 5.56 Å². The summed E-state index contributed by atoms with van der Waals surface area (Å²) < 4.78 is 5.44. The van der Waals surface area contributed by atoms with Crippen molar-refractivity contribution < 1.29 is 4.74 Å². The average Bonchev–Trinajstić information content (AvgIpc) is 2.97. The molecule has 1 aliphatic rings. The molecule has 15 heavy (non-hydrogen) atoms. The van der Waals surface area contributed by atoms with E-state index in [1.807, 2.05) is 24.3 Å². The van der Waals surface area contributed by atoms with Crippen molar-refractivity contribution in [2.24, 2.45) is 5.92 Å². The van der Waals surface area contributed by atoms with Crippen LogP contribution in [0.2, 0.25) is 0 Å². The monoisotopic (exact) mass is 201 g/mol. The van der Waals surface area contributed by atoms with Crippen molar-refractivity contribution >= 4 is 0 Å². The highest BCUT2D eigenvalue weighted by Gasteiger charge is 2.38. The first-order chi connectivity index (χ1) is 7.20. The fourth-order valence-electron chi connectivity index (χ4n) is 2.00. The molecule has 2 nitrogen and oxygen atoms in total. The maximum Gasteiger partial charge on any atom is 0.0991 e. The van der Waals surface area contributed by atoms with Gasteiger partial charge in [-0.25, -0.2) is 0 Å². The van der Waals surface area contributed by atoms with E-state index in [1.54, 1.807) is 0 Å². The number of nitrogens with zero attached hydrogens (tertiary/aromatic N) is 1. The van der Waals surface area contributed by atoms with Gasteiger partial charge < -0.3 is 4.74 Å². The average molecular weight is 201 g/mol. The Morgan fingerprint density at radius 1 is 1.40 bits per heavy atom. The van der Waals surface area contributed by atoms with Crippen LogP contribution >= 0.6 is 0 Å². The van der Waals surface area contributed by atoms with E-state index in [2.05, 4.69) is 19.9 Å². The maximum absolute atomic E-state index is 8.67. The molecule has 1 heterocycles. The summed E-state index contributed by atoms with van der Waals surface area (Å²) in [5, 5.41) is 8.67. The van der Waals surface area contributed by atoms with Crippen LogP contribution in [0.15, 0.2) is 24.3 Å². The van der Waals surface area contributed by atoms with Crippen LogP contribution in [0, 0.1) is 17.2 Å². The van der Waals surface area contributed by atoms with Gasteiger partial charge in [-0.1, -0.05) is 19.1 Å². The second-order valence-corrected chi connectivity index (χ2v) is 4.30. The third-order valence-electron chi connectivity index (χ3n) is 2.96. The lowest BCUT2D eigenvalue weighted by molar-refractivity contribution is 0.328. The van der Waals surface area contributed by atoms with E-state index < -0.39 is 0 Å². The van der Waals surface area contributed by atoms with E-state index in [0.717, 1.165) is 12.0 Å². The highest BCUT2D eigenvalue weighted by atomic mass is 16.6. The van der Waals surface area contributed by atoms with Crippen LogP contribution in [0.4, 0.5) is 0 Å². The number of benzene rings is 1. The van der Waals surface area contributed by atoms with Crippen molar-refractivity contribution in [2.75, 3.05) is 0 Å². The topological polar surface area (TPSA) is 36.3 Å². The Kier molecular flexibility index (Phi) is 2.75. The number of hydrogen-bond acceptors (Lipinski definition) is 2. The molecule has 0 radical (unpaired) electrons. The summed E-state index contributed by atoms with van der Waals surface area (Å²) in [7, 11) is 0. The highest BCUT2D eigenvalue weighted by molar-refractivity contribution is 5.31. The smallest absolute Gasteiger partial charge is 0.0991 e. The van der Waals surface area contributed by atoms with Gasteiger partial charge in [-0.3, -0.25) is 0 Å². The molecule has 1 fully saturated rings. The summed E-state index contributed by atoms with van der Waals surface area (Å²) in [5.41, 5.74) is 2.01. The standard InChI is InChI=1S/C13H15NO/c1-9(13-10(2)15-13)7-11-3-5-12(8-14)6-4-11/h3-6,9-10,13H,7H2,1-2H3. The fourth-order valence-corrected chi connectivity index (χ4v) is 2.00. The Morgan fingerprint density at radius 2 is 2.00 bits per heavy atom. The Labute approximate surface area is 90.5 Å². The normalized spacial score (nSPS) is 25.7. The Bertz CT molecular complexity index is 377. The zero-order valence-corrected chi connectivity index (χ0v) is 9.10. The predicted octanol–water partition coefficient (Wildman–Crippen LogP) is 2.52. The van der Waals surface area contributed by atoms with Crippen LogP contribution < -0.4 is 0 Å². The van der Waals surface area contributed by atoms with Crippen molar-refractivity contribution in [1.82, 2.24) is 0 Å². The van der Waals surface area contributed by atoms with Crippen molar-refractivity contribution in [3.63, 3.8) is 0 Å². The highest BCUT2D eigenvalue weighted by Crippen LogP contribution is 2.30. The number of hydrogen-bond donors (Lipinski definition) is 0. The molecular formula is C13H15NO. The van der Waals surface area contributed by atoms with Gasteiger partial charge in [-0.05, 0) is 37.0 Å².